The van der Waals surface area contributed by atoms with Crippen LogP contribution in [0.4, 0.5) is 10.5 Å². The highest BCUT2D eigenvalue weighted by atomic mass is 79.9. The maximum Gasteiger partial charge on any atom is 0.326 e. The van der Waals surface area contributed by atoms with Crippen molar-refractivity contribution in [1.82, 2.24) is 29.6 Å². The predicted octanol–water partition coefficient (Wildman–Crippen LogP) is 7.16. The number of nitrogen functional groups attached to an aromatic ring is 1. The monoisotopic (exact) mass is 845 g/mol. The number of carbonyl (C=O) groups excluding carboxylic acids is 2. The lowest BCUT2D eigenvalue weighted by molar-refractivity contribution is -0.135. The van der Waals surface area contributed by atoms with E-state index in [9.17, 15) is 14.4 Å². The third kappa shape index (κ3) is 8.44. The zero-order valence-corrected chi connectivity index (χ0v) is 33.4. The van der Waals surface area contributed by atoms with Crippen molar-refractivity contribution in [3.8, 4) is 22.5 Å². The SMILES string of the molecule is CN1CCC(C2CCN(C(=O)[C@H](Cc3cc(Br)c(N)c(Br)c3)NC(=O)N3CCC(n4c(-c5ccccc5)c(-c5ccccc5)[nH]c4=O)CC3)CC2)CC1. The van der Waals surface area contributed by atoms with Crippen molar-refractivity contribution < 1.29 is 9.59 Å². The van der Waals surface area contributed by atoms with Gasteiger partial charge in [0.2, 0.25) is 5.91 Å². The first-order chi connectivity index (χ1) is 25.7. The van der Waals surface area contributed by atoms with Crippen LogP contribution >= 0.6 is 31.9 Å². The number of anilines is 1. The van der Waals surface area contributed by atoms with E-state index in [0.717, 1.165) is 68.9 Å². The summed E-state index contributed by atoms with van der Waals surface area (Å²) in [5.41, 5.74) is 11.1. The molecule has 7 rings (SSSR count). The van der Waals surface area contributed by atoms with Gasteiger partial charge in [-0.25, -0.2) is 9.59 Å². The maximum atomic E-state index is 14.2. The van der Waals surface area contributed by atoms with Crippen LogP contribution in [0.5, 0.6) is 0 Å². The van der Waals surface area contributed by atoms with Gasteiger partial charge in [0.15, 0.2) is 0 Å². The maximum absolute atomic E-state index is 14.2. The van der Waals surface area contributed by atoms with Crippen LogP contribution in [0.15, 0.2) is 86.5 Å². The molecule has 12 heteroatoms. The number of H-pyrrole nitrogens is 1. The van der Waals surface area contributed by atoms with Crippen molar-refractivity contribution in [2.45, 2.75) is 57.0 Å². The molecule has 3 saturated heterocycles. The Balaban J connectivity index is 1.06. The molecule has 3 aromatic carbocycles. The normalized spacial score (nSPS) is 18.6. The molecule has 53 heavy (non-hydrogen) atoms. The molecule has 3 aliphatic heterocycles. The van der Waals surface area contributed by atoms with Gasteiger partial charge in [0.05, 0.1) is 17.1 Å². The standard InChI is InChI=1S/C41H49Br2N7O3/c1-47-18-12-28(13-19-47)29-14-20-48(21-15-29)39(51)35(26-27-24-33(42)36(44)34(43)25-27)45-40(52)49-22-16-32(17-23-49)50-38(31-10-6-3-7-11-31)37(46-41(50)53)30-8-4-2-5-9-30/h2-11,24-25,28-29,32,35H,12-23,26,44H2,1H3,(H,45,52)(H,46,53)/t35-/m0/s1. The van der Waals surface area contributed by atoms with Gasteiger partial charge in [0, 0.05) is 58.7 Å². The van der Waals surface area contributed by atoms with E-state index in [0.29, 0.717) is 57.0 Å². The highest BCUT2D eigenvalue weighted by molar-refractivity contribution is 9.11. The molecule has 0 bridgehead atoms. The summed E-state index contributed by atoms with van der Waals surface area (Å²) < 4.78 is 3.36. The summed E-state index contributed by atoms with van der Waals surface area (Å²) in [5.74, 6) is 1.32. The smallest absolute Gasteiger partial charge is 0.326 e. The summed E-state index contributed by atoms with van der Waals surface area (Å²) >= 11 is 7.10. The largest absolute Gasteiger partial charge is 0.397 e. The number of nitrogens with one attached hydrogen (secondary N) is 2. The number of piperidine rings is 3. The van der Waals surface area contributed by atoms with E-state index in [4.69, 9.17) is 5.73 Å². The fraction of sp³-hybridized carbons (Fsp3) is 0.439. The van der Waals surface area contributed by atoms with E-state index >= 15 is 0 Å². The quantitative estimate of drug-likeness (QED) is 0.163. The Morgan fingerprint density at radius 2 is 1.32 bits per heavy atom. The zero-order valence-electron chi connectivity index (χ0n) is 30.3. The lowest BCUT2D eigenvalue weighted by Gasteiger charge is -2.40. The Bertz CT molecular complexity index is 1920. The minimum Gasteiger partial charge on any atom is -0.397 e. The molecule has 0 radical (unpaired) electrons. The number of urea groups is 1. The van der Waals surface area contributed by atoms with Crippen molar-refractivity contribution in [3.05, 3.63) is 97.8 Å². The van der Waals surface area contributed by atoms with Crippen LogP contribution in [0.1, 0.15) is 50.1 Å². The molecular formula is C41H49Br2N7O3. The van der Waals surface area contributed by atoms with Gasteiger partial charge in [-0.3, -0.25) is 9.36 Å². The molecule has 4 aromatic rings. The molecule has 3 amide bonds. The van der Waals surface area contributed by atoms with Crippen LogP contribution in [0, 0.1) is 11.8 Å². The Morgan fingerprint density at radius 3 is 1.91 bits per heavy atom. The summed E-state index contributed by atoms with van der Waals surface area (Å²) in [5, 5.41) is 3.15. The van der Waals surface area contributed by atoms with Crippen LogP contribution in [-0.4, -0.2) is 88.5 Å². The molecule has 10 nitrogen and oxygen atoms in total. The predicted molar refractivity (Wildman–Crippen MR) is 218 cm³/mol. The Hall–Kier alpha value is -3.87. The van der Waals surface area contributed by atoms with Crippen LogP contribution in [0.3, 0.4) is 0 Å². The Kier molecular flexibility index (Phi) is 11.8. The zero-order chi connectivity index (χ0) is 37.1. The molecule has 1 aromatic heterocycles. The summed E-state index contributed by atoms with van der Waals surface area (Å²) in [6.07, 6.45) is 6.03. The van der Waals surface area contributed by atoms with Crippen LogP contribution in [0.2, 0.25) is 0 Å². The Morgan fingerprint density at radius 1 is 0.792 bits per heavy atom. The third-order valence-electron chi connectivity index (χ3n) is 11.6. The van der Waals surface area contributed by atoms with E-state index in [2.05, 4.69) is 54.1 Å². The minimum atomic E-state index is -0.729. The molecule has 1 atom stereocenters. The average Bonchev–Trinajstić information content (AvgIpc) is 3.54. The van der Waals surface area contributed by atoms with Crippen molar-refractivity contribution in [3.63, 3.8) is 0 Å². The van der Waals surface area contributed by atoms with Crippen molar-refractivity contribution >= 4 is 49.5 Å². The van der Waals surface area contributed by atoms with Gasteiger partial charge in [-0.15, -0.1) is 0 Å². The fourth-order valence-corrected chi connectivity index (χ4v) is 9.84. The summed E-state index contributed by atoms with van der Waals surface area (Å²) in [4.78, 5) is 51.1. The highest BCUT2D eigenvalue weighted by Crippen LogP contribution is 2.36. The van der Waals surface area contributed by atoms with E-state index in [1.165, 1.54) is 12.8 Å². The molecule has 280 valence electrons. The number of carbonyl (C=O) groups is 2. The summed E-state index contributed by atoms with van der Waals surface area (Å²) in [6, 6.07) is 22.7. The summed E-state index contributed by atoms with van der Waals surface area (Å²) in [7, 11) is 2.19. The summed E-state index contributed by atoms with van der Waals surface area (Å²) in [6.45, 7) is 4.64. The number of rotatable bonds is 8. The van der Waals surface area contributed by atoms with Crippen molar-refractivity contribution in [1.29, 1.82) is 0 Å². The first-order valence-electron chi connectivity index (χ1n) is 18.9. The molecule has 4 heterocycles. The molecule has 3 aliphatic rings. The van der Waals surface area contributed by atoms with Crippen molar-refractivity contribution in [2.75, 3.05) is 52.0 Å². The first kappa shape index (κ1) is 37.4. The van der Waals surface area contributed by atoms with E-state index in [-0.39, 0.29) is 23.7 Å². The van der Waals surface area contributed by atoms with Crippen molar-refractivity contribution in [2.24, 2.45) is 11.8 Å². The molecular weight excluding hydrogens is 798 g/mol. The number of halogens is 2. The lowest BCUT2D eigenvalue weighted by Crippen LogP contribution is -2.55. The fourth-order valence-electron chi connectivity index (χ4n) is 8.56. The van der Waals surface area contributed by atoms with Gasteiger partial charge in [-0.05, 0) is 120 Å². The number of aromatic nitrogens is 2. The molecule has 0 spiro atoms. The van der Waals surface area contributed by atoms with Gasteiger partial charge >= 0.3 is 11.7 Å². The number of nitrogens with zero attached hydrogens (tertiary/aromatic N) is 4. The molecule has 0 unspecified atom stereocenters. The van der Waals surface area contributed by atoms with Crippen LogP contribution in [0.25, 0.3) is 22.5 Å². The number of imidazole rings is 1. The van der Waals surface area contributed by atoms with E-state index in [1.54, 1.807) is 4.90 Å². The minimum absolute atomic E-state index is 0.0426. The number of aromatic amines is 1. The lowest BCUT2D eigenvalue weighted by atomic mass is 9.79. The van der Waals surface area contributed by atoms with Crippen LogP contribution in [-0.2, 0) is 11.2 Å². The number of benzene rings is 3. The number of amides is 3. The average molecular weight is 848 g/mol. The second kappa shape index (κ2) is 16.7. The van der Waals surface area contributed by atoms with Crippen LogP contribution < -0.4 is 16.7 Å². The van der Waals surface area contributed by atoms with Gasteiger partial charge in [-0.1, -0.05) is 60.7 Å². The Labute approximate surface area is 328 Å². The van der Waals surface area contributed by atoms with E-state index < -0.39 is 6.04 Å². The topological polar surface area (TPSA) is 120 Å². The first-order valence-corrected chi connectivity index (χ1v) is 20.5. The van der Waals surface area contributed by atoms with Gasteiger partial charge in [0.25, 0.3) is 0 Å². The second-order valence-corrected chi connectivity index (χ2v) is 16.7. The second-order valence-electron chi connectivity index (χ2n) is 15.0. The number of likely N-dealkylation sites (tertiary alicyclic amines) is 3. The number of hydrogen-bond donors (Lipinski definition) is 3. The highest BCUT2D eigenvalue weighted by Gasteiger charge is 2.35. The third-order valence-corrected chi connectivity index (χ3v) is 12.9. The van der Waals surface area contributed by atoms with E-state index in [1.807, 2.05) is 82.3 Å². The van der Waals surface area contributed by atoms with Gasteiger partial charge in [-0.2, -0.15) is 0 Å². The molecule has 0 aliphatic carbocycles. The van der Waals surface area contributed by atoms with Gasteiger partial charge < -0.3 is 30.7 Å². The molecule has 0 saturated carbocycles. The number of nitrogens with two attached hydrogens (primary N) is 1. The molecule has 3 fully saturated rings. The van der Waals surface area contributed by atoms with Gasteiger partial charge in [0.1, 0.15) is 6.04 Å². The number of hydrogen-bond acceptors (Lipinski definition) is 5. The molecule has 4 N–H and O–H groups in total.